The number of rotatable bonds is 58. The fraction of sp³-hybridized carbons (Fsp3) is 0.633. The summed E-state index contributed by atoms with van der Waals surface area (Å²) in [6.07, 6.45) is 3.62. The number of aliphatic hydroxyl groups is 1. The topological polar surface area (TPSA) is 474 Å². The second kappa shape index (κ2) is 53.0. The molecule has 7 aliphatic rings. The van der Waals surface area contributed by atoms with Crippen LogP contribution < -0.4 is 46.9 Å². The summed E-state index contributed by atoms with van der Waals surface area (Å²) in [6.45, 7) is 14.1. The van der Waals surface area contributed by atoms with Gasteiger partial charge in [0.2, 0.25) is 53.0 Å². The van der Waals surface area contributed by atoms with E-state index in [9.17, 15) is 61.5 Å². The van der Waals surface area contributed by atoms with Gasteiger partial charge >= 0.3 is 0 Å². The standard InChI is InChI=1S/C98H135F2N11O26S/c1-7-17-89-136-83-60-73-74-59-76(99)75-58-71(112)33-36-95(75,5)97(74,100)81(113)61-96(73,6)98(83,137-89)82(114)63-134-72-29-27-70(28-30-72)105-92(120)66(4)104-94(122)90(65(2)3)107-93(121)77(106-86(117)35-42-127-46-50-131-53-55-132-51-47-128-43-38-102-84(115)31-32-88(119)110-62-69-20-12-11-18-67(69)25-26-68-19-13-14-22-78(68)110)21-15-16-37-101-87(118)64-135-80-24-10-8-9-23-79-91(80)108-109-111(79)40-44-129-48-52-133-56-54-130-49-45-126-41-34-85(116)103-39-57-138(123,124)125/h11-14,18-20,22,27-30,33,36,58,65-66,73-74,76-77,80-81,83,89-90,113H,7-10,15-17,21,23-24,31-32,34-35,37-57,59-64H2,1-6H3,(H,101,118)(H,102,115)(H,103,116)(H,104,122)(H,105,120)(H,106,117)(H,107,121)(H,123,124,125)/t66-,73-,74-,76-,77+,80?,81-,83+,89?,90-,95-,96-,97-,98+/m0/s1. The van der Waals surface area contributed by atoms with Gasteiger partial charge in [-0.15, -0.1) is 5.10 Å². The van der Waals surface area contributed by atoms with Crippen molar-refractivity contribution in [1.82, 2.24) is 46.9 Å². The van der Waals surface area contributed by atoms with E-state index >= 15 is 8.78 Å². The summed E-state index contributed by atoms with van der Waals surface area (Å²) < 4.78 is 137. The third-order valence-corrected chi connectivity index (χ3v) is 27.0. The van der Waals surface area contributed by atoms with Crippen molar-refractivity contribution in [3.63, 3.8) is 0 Å². The molecule has 9 N–H and O–H groups in total. The molecule has 2 aliphatic heterocycles. The number of unbranched alkanes of at least 4 members (excludes halogenated alkanes) is 1. The lowest BCUT2D eigenvalue weighted by Crippen LogP contribution is -2.71. The summed E-state index contributed by atoms with van der Waals surface area (Å²) in [4.78, 5) is 137. The van der Waals surface area contributed by atoms with Gasteiger partial charge in [-0.3, -0.25) is 52.5 Å². The second-order valence-corrected chi connectivity index (χ2v) is 37.8. The molecule has 758 valence electrons. The Bertz CT molecular complexity index is 5020. The first-order chi connectivity index (χ1) is 66.4. The van der Waals surface area contributed by atoms with Crippen LogP contribution in [0.1, 0.15) is 178 Å². The molecule has 1 aromatic heterocycles. The van der Waals surface area contributed by atoms with Gasteiger partial charge in [0, 0.05) is 78.9 Å². The molecule has 0 bridgehead atoms. The summed E-state index contributed by atoms with van der Waals surface area (Å²) in [5.41, 5.74) is -1.92. The Hall–Kier alpha value is -9.97. The number of carbonyl (C=O) groups excluding carboxylic acids is 10. The van der Waals surface area contributed by atoms with Crippen molar-refractivity contribution in [1.29, 1.82) is 0 Å². The van der Waals surface area contributed by atoms with Gasteiger partial charge in [0.25, 0.3) is 10.1 Å². The second-order valence-electron chi connectivity index (χ2n) is 36.3. The highest BCUT2D eigenvalue weighted by molar-refractivity contribution is 7.85. The highest BCUT2D eigenvalue weighted by Crippen LogP contribution is 2.72. The zero-order valence-corrected chi connectivity index (χ0v) is 80.5. The predicted octanol–water partition coefficient (Wildman–Crippen LogP) is 6.42. The van der Waals surface area contributed by atoms with Gasteiger partial charge < -0.3 is 104 Å². The van der Waals surface area contributed by atoms with Crippen molar-refractivity contribution in [2.24, 2.45) is 28.6 Å². The number of allylic oxidation sites excluding steroid dienone is 4. The van der Waals surface area contributed by atoms with Gasteiger partial charge in [0.15, 0.2) is 23.3 Å². The summed E-state index contributed by atoms with van der Waals surface area (Å²) in [7, 11) is -4.16. The third kappa shape index (κ3) is 29.6. The van der Waals surface area contributed by atoms with E-state index in [-0.39, 0.29) is 179 Å². The Morgan fingerprint density at radius 1 is 0.659 bits per heavy atom. The third-order valence-electron chi connectivity index (χ3n) is 26.3. The van der Waals surface area contributed by atoms with Crippen LogP contribution in [0.2, 0.25) is 0 Å². The molecule has 14 atom stereocenters. The molecule has 138 heavy (non-hydrogen) atoms. The van der Waals surface area contributed by atoms with E-state index in [0.717, 1.165) is 47.7 Å². The number of benzene rings is 3. The Morgan fingerprint density at radius 3 is 1.96 bits per heavy atom. The lowest BCUT2D eigenvalue weighted by atomic mass is 9.44. The van der Waals surface area contributed by atoms with Crippen LogP contribution in [0.25, 0.3) is 0 Å². The fourth-order valence-electron chi connectivity index (χ4n) is 19.1. The van der Waals surface area contributed by atoms with Crippen molar-refractivity contribution in [3.05, 3.63) is 125 Å². The molecule has 0 spiro atoms. The maximum atomic E-state index is 18.1. The number of hydrogen-bond donors (Lipinski definition) is 9. The predicted molar refractivity (Wildman–Crippen MR) is 499 cm³/mol. The smallest absolute Gasteiger partial charge is 0.266 e. The number of alkyl halides is 2. The number of Topliss-reactive ketones (excluding diaryl/α,β-unsaturated/α-hetero) is 1. The van der Waals surface area contributed by atoms with Crippen molar-refractivity contribution >= 4 is 80.3 Å². The van der Waals surface area contributed by atoms with Crippen LogP contribution in [-0.2, 0) is 130 Å². The summed E-state index contributed by atoms with van der Waals surface area (Å²) in [6, 6.07) is 17.7. The first-order valence-corrected chi connectivity index (χ1v) is 49.6. The number of ketones is 2. The van der Waals surface area contributed by atoms with E-state index < -0.39 is 152 Å². The van der Waals surface area contributed by atoms with E-state index in [4.69, 9.17) is 61.4 Å². The van der Waals surface area contributed by atoms with Crippen LogP contribution in [0.3, 0.4) is 0 Å². The summed E-state index contributed by atoms with van der Waals surface area (Å²) in [5, 5.41) is 40.1. The van der Waals surface area contributed by atoms with Gasteiger partial charge in [-0.05, 0) is 156 Å². The van der Waals surface area contributed by atoms with E-state index in [1.165, 1.54) is 50.3 Å². The van der Waals surface area contributed by atoms with Gasteiger partial charge in [0.1, 0.15) is 55.1 Å². The Morgan fingerprint density at radius 2 is 1.28 bits per heavy atom. The first-order valence-electron chi connectivity index (χ1n) is 48.0. The largest absolute Gasteiger partial charge is 0.486 e. The first kappa shape index (κ1) is 108. The Balaban J connectivity index is 0.602. The summed E-state index contributed by atoms with van der Waals surface area (Å²) in [5.74, 6) is -0.988. The van der Waals surface area contributed by atoms with Crippen LogP contribution in [0.4, 0.5) is 20.2 Å². The molecule has 3 saturated carbocycles. The Labute approximate surface area is 804 Å². The van der Waals surface area contributed by atoms with Crippen LogP contribution in [0.5, 0.6) is 5.75 Å². The minimum absolute atomic E-state index is 0.00304. The van der Waals surface area contributed by atoms with Crippen molar-refractivity contribution in [3.8, 4) is 17.6 Å². The number of halogens is 2. The minimum atomic E-state index is -4.16. The van der Waals surface area contributed by atoms with Gasteiger partial charge in [0.05, 0.1) is 148 Å². The molecule has 37 nitrogen and oxygen atoms in total. The van der Waals surface area contributed by atoms with Crippen LogP contribution in [0, 0.1) is 40.4 Å². The molecular weight excluding hydrogens is 1820 g/mol. The average Bonchev–Trinajstić information content (AvgIpc) is 1.27. The molecule has 3 heterocycles. The number of para-hydroxylation sites is 1. The number of nitrogens with zero attached hydrogens (tertiary/aromatic N) is 4. The fourth-order valence-corrected chi connectivity index (χ4v) is 19.5. The number of amides is 8. The van der Waals surface area contributed by atoms with E-state index in [1.807, 2.05) is 55.5 Å². The molecule has 8 amide bonds. The molecular formula is C98H135F2N11O26S. The number of fused-ring (bicyclic) bond motifs is 10. The van der Waals surface area contributed by atoms with Crippen LogP contribution in [0.15, 0.2) is 96.6 Å². The lowest BCUT2D eigenvalue weighted by Gasteiger charge is -2.63. The van der Waals surface area contributed by atoms with Crippen molar-refractivity contribution < 1.29 is 132 Å². The average molecular weight is 1950 g/mol. The number of aliphatic hydroxyl groups excluding tert-OH is 1. The van der Waals surface area contributed by atoms with Gasteiger partial charge in [-0.2, -0.15) is 8.42 Å². The molecule has 0 radical (unpaired) electrons. The summed E-state index contributed by atoms with van der Waals surface area (Å²) >= 11 is 0. The highest BCUT2D eigenvalue weighted by Gasteiger charge is 2.80. The zero-order chi connectivity index (χ0) is 98.8. The molecule has 4 fully saturated rings. The molecule has 1 saturated heterocycles. The van der Waals surface area contributed by atoms with Gasteiger partial charge in [-0.1, -0.05) is 100 Å². The van der Waals surface area contributed by atoms with E-state index in [2.05, 4.69) is 59.4 Å². The van der Waals surface area contributed by atoms with Crippen LogP contribution >= 0.6 is 0 Å². The molecule has 11 rings (SSSR count). The number of carbonyl (C=O) groups is 10. The van der Waals surface area contributed by atoms with E-state index in [1.54, 1.807) is 30.4 Å². The minimum Gasteiger partial charge on any atom is -0.486 e. The monoisotopic (exact) mass is 1950 g/mol. The van der Waals surface area contributed by atoms with Crippen LogP contribution in [-0.4, -0.2) is 290 Å². The molecule has 3 aromatic carbocycles. The number of ether oxygens (including phenoxy) is 12. The molecule has 2 unspecified atom stereocenters. The molecule has 5 aliphatic carbocycles. The quantitative estimate of drug-likeness (QED) is 0.0131. The lowest BCUT2D eigenvalue weighted by molar-refractivity contribution is -0.234. The Kier molecular flexibility index (Phi) is 41.7. The molecule has 40 heteroatoms. The number of hydrogen-bond acceptors (Lipinski definition) is 27. The molecule has 4 aromatic rings. The van der Waals surface area contributed by atoms with Gasteiger partial charge in [-0.25, -0.2) is 13.5 Å². The maximum absolute atomic E-state index is 18.1. The maximum Gasteiger partial charge on any atom is 0.266 e. The zero-order valence-electron chi connectivity index (χ0n) is 79.6. The normalized spacial score (nSPS) is 23.5. The number of nitrogens with one attached hydrogen (secondary N) is 7. The van der Waals surface area contributed by atoms with Crippen molar-refractivity contribution in [2.75, 3.05) is 155 Å². The van der Waals surface area contributed by atoms with Crippen molar-refractivity contribution in [2.45, 2.75) is 224 Å². The number of aromatic nitrogens is 3. The SMILES string of the molecule is CCCC1O[C@@H]2C[C@H]3[C@@H]4C[C@H](F)C5=CC(=O)C=C[C@]5(C)[C@@]4(F)[C@@H](O)C[C@]3(C)[C@]2(C(=O)COc2ccc(NC(=O)[C@H](C)NC(=O)[C@@H](NC(=O)[C@@H](CCCCNC(=O)COC3CCCCCc4c3nnn4CCOCCOCCOCCOCCC(=O)NCCS(=O)(=O)O)NC(=O)CCOCCOCCOCCOCCNC(=O)CCC(=O)N3Cc4ccccc4C#Cc4ccccc43)C(C)C)cc2)O1. The van der Waals surface area contributed by atoms with E-state index in [0.29, 0.717) is 102 Å². The highest BCUT2D eigenvalue weighted by atomic mass is 32.2. The number of anilines is 2.